The van der Waals surface area contributed by atoms with Crippen molar-refractivity contribution in [1.29, 1.82) is 0 Å². The summed E-state index contributed by atoms with van der Waals surface area (Å²) < 4.78 is 16.1. The number of nitrogens with zero attached hydrogens (tertiary/aromatic N) is 1. The van der Waals surface area contributed by atoms with Crippen molar-refractivity contribution in [3.63, 3.8) is 0 Å². The number of ether oxygens (including phenoxy) is 3. The van der Waals surface area contributed by atoms with E-state index < -0.39 is 0 Å². The largest absolute Gasteiger partial charge is 0.486 e. The molecule has 1 aromatic rings. The van der Waals surface area contributed by atoms with Gasteiger partial charge >= 0.3 is 0 Å². The molecule has 0 saturated heterocycles. The molecule has 2 rings (SSSR count). The molecule has 0 radical (unpaired) electrons. The Morgan fingerprint density at radius 2 is 2.05 bits per heavy atom. The normalized spacial score (nSPS) is 13.9. The maximum Gasteiger partial charge on any atom is 0.191 e. The van der Waals surface area contributed by atoms with Crippen LogP contribution in [0.2, 0.25) is 5.02 Å². The lowest BCUT2D eigenvalue weighted by atomic mass is 10.1. The summed E-state index contributed by atoms with van der Waals surface area (Å²) in [6, 6.07) is 3.89. The molecular weight excluding hydrogens is 306 g/mol. The Balaban J connectivity index is 1.85. The van der Waals surface area contributed by atoms with E-state index in [0.717, 1.165) is 30.2 Å². The van der Waals surface area contributed by atoms with Crippen LogP contribution in [-0.2, 0) is 11.2 Å². The number of nitrogens with one attached hydrogen (secondary N) is 2. The fourth-order valence-electron chi connectivity index (χ4n) is 2.13. The third-order valence-corrected chi connectivity index (χ3v) is 3.47. The summed E-state index contributed by atoms with van der Waals surface area (Å²) in [6.45, 7) is 3.19. The van der Waals surface area contributed by atoms with Crippen molar-refractivity contribution >= 4 is 17.6 Å². The molecule has 0 saturated carbocycles. The van der Waals surface area contributed by atoms with Gasteiger partial charge in [0, 0.05) is 27.2 Å². The van der Waals surface area contributed by atoms with Crippen molar-refractivity contribution in [2.24, 2.45) is 4.99 Å². The molecule has 122 valence electrons. The Morgan fingerprint density at radius 3 is 2.82 bits per heavy atom. The van der Waals surface area contributed by atoms with E-state index in [1.165, 1.54) is 0 Å². The number of fused-ring (bicyclic) bond motifs is 1. The summed E-state index contributed by atoms with van der Waals surface area (Å²) in [5, 5.41) is 7.00. The summed E-state index contributed by atoms with van der Waals surface area (Å²) in [5.41, 5.74) is 1.09. The van der Waals surface area contributed by atoms with Crippen LogP contribution < -0.4 is 20.1 Å². The highest BCUT2D eigenvalue weighted by Crippen LogP contribution is 2.38. The van der Waals surface area contributed by atoms with Crippen LogP contribution in [0.3, 0.4) is 0 Å². The van der Waals surface area contributed by atoms with Crippen LogP contribution >= 0.6 is 11.6 Å². The smallest absolute Gasteiger partial charge is 0.191 e. The predicted octanol–water partition coefficient (Wildman–Crippen LogP) is 1.47. The molecule has 1 aromatic carbocycles. The summed E-state index contributed by atoms with van der Waals surface area (Å²) in [5.74, 6) is 2.11. The Labute approximate surface area is 135 Å². The molecule has 22 heavy (non-hydrogen) atoms. The molecule has 0 atom stereocenters. The first-order valence-corrected chi connectivity index (χ1v) is 7.64. The number of methoxy groups -OCH3 is 1. The van der Waals surface area contributed by atoms with Crippen LogP contribution in [-0.4, -0.2) is 53.0 Å². The Morgan fingerprint density at radius 1 is 1.27 bits per heavy atom. The molecule has 0 bridgehead atoms. The number of benzene rings is 1. The maximum absolute atomic E-state index is 6.23. The van der Waals surface area contributed by atoms with Gasteiger partial charge in [0.15, 0.2) is 17.5 Å². The number of halogens is 1. The molecule has 0 aromatic heterocycles. The SMILES string of the molecule is CN=C(NCCOC)NCCc1cc(Cl)c2c(c1)OCCO2. The zero-order chi connectivity index (χ0) is 15.8. The number of aliphatic imine (C=N–C) groups is 1. The van der Waals surface area contributed by atoms with E-state index in [4.69, 9.17) is 25.8 Å². The summed E-state index contributed by atoms with van der Waals surface area (Å²) in [6.07, 6.45) is 0.807. The minimum Gasteiger partial charge on any atom is -0.486 e. The van der Waals surface area contributed by atoms with Crippen molar-refractivity contribution in [1.82, 2.24) is 10.6 Å². The van der Waals surface area contributed by atoms with Gasteiger partial charge in [-0.3, -0.25) is 4.99 Å². The van der Waals surface area contributed by atoms with Crippen LogP contribution in [0.5, 0.6) is 11.5 Å². The van der Waals surface area contributed by atoms with Crippen LogP contribution in [0.15, 0.2) is 17.1 Å². The first-order chi connectivity index (χ1) is 10.7. The Hall–Kier alpha value is -1.66. The van der Waals surface area contributed by atoms with Gasteiger partial charge in [0.1, 0.15) is 13.2 Å². The Bertz CT molecular complexity index is 523. The highest BCUT2D eigenvalue weighted by molar-refractivity contribution is 6.32. The zero-order valence-electron chi connectivity index (χ0n) is 12.9. The molecule has 1 aliphatic rings. The molecule has 6 nitrogen and oxygen atoms in total. The highest BCUT2D eigenvalue weighted by atomic mass is 35.5. The molecule has 0 unspecified atom stereocenters. The van der Waals surface area contributed by atoms with E-state index in [9.17, 15) is 0 Å². The van der Waals surface area contributed by atoms with Crippen LogP contribution in [0.1, 0.15) is 5.56 Å². The zero-order valence-corrected chi connectivity index (χ0v) is 13.7. The second kappa shape index (κ2) is 8.70. The first kappa shape index (κ1) is 16.7. The van der Waals surface area contributed by atoms with Gasteiger partial charge in [-0.15, -0.1) is 0 Å². The quantitative estimate of drug-likeness (QED) is 0.470. The number of rotatable bonds is 6. The summed E-state index contributed by atoms with van der Waals surface area (Å²) in [4.78, 5) is 4.15. The van der Waals surface area contributed by atoms with Gasteiger partial charge < -0.3 is 24.8 Å². The Kier molecular flexibility index (Phi) is 6.61. The van der Waals surface area contributed by atoms with Crippen molar-refractivity contribution in [3.8, 4) is 11.5 Å². The number of hydrogen-bond donors (Lipinski definition) is 2. The molecule has 7 heteroatoms. The average molecular weight is 328 g/mol. The second-order valence-electron chi connectivity index (χ2n) is 4.77. The molecule has 0 aliphatic carbocycles. The lowest BCUT2D eigenvalue weighted by Crippen LogP contribution is -2.39. The van der Waals surface area contributed by atoms with Crippen LogP contribution in [0, 0.1) is 0 Å². The summed E-state index contributed by atoms with van der Waals surface area (Å²) in [7, 11) is 3.41. The first-order valence-electron chi connectivity index (χ1n) is 7.26. The standard InChI is InChI=1S/C15H22ClN3O3/c1-17-15(19-5-6-20-2)18-4-3-11-9-12(16)14-13(10-11)21-7-8-22-14/h9-10H,3-8H2,1-2H3,(H2,17,18,19). The van der Waals surface area contributed by atoms with E-state index in [1.54, 1.807) is 14.2 Å². The summed E-state index contributed by atoms with van der Waals surface area (Å²) >= 11 is 6.23. The van der Waals surface area contributed by atoms with E-state index in [-0.39, 0.29) is 0 Å². The maximum atomic E-state index is 6.23. The van der Waals surface area contributed by atoms with Gasteiger partial charge in [-0.2, -0.15) is 0 Å². The van der Waals surface area contributed by atoms with Gasteiger partial charge in [-0.1, -0.05) is 11.6 Å². The van der Waals surface area contributed by atoms with Crippen LogP contribution in [0.4, 0.5) is 0 Å². The van der Waals surface area contributed by atoms with Gasteiger partial charge in [-0.05, 0) is 24.1 Å². The van der Waals surface area contributed by atoms with Gasteiger partial charge in [0.05, 0.1) is 11.6 Å². The van der Waals surface area contributed by atoms with Crippen molar-refractivity contribution in [3.05, 3.63) is 22.7 Å². The third kappa shape index (κ3) is 4.68. The molecule has 1 heterocycles. The van der Waals surface area contributed by atoms with Crippen molar-refractivity contribution in [2.45, 2.75) is 6.42 Å². The van der Waals surface area contributed by atoms with Crippen molar-refractivity contribution < 1.29 is 14.2 Å². The molecular formula is C15H22ClN3O3. The third-order valence-electron chi connectivity index (χ3n) is 3.18. The lowest BCUT2D eigenvalue weighted by molar-refractivity contribution is 0.171. The van der Waals surface area contributed by atoms with Crippen molar-refractivity contribution in [2.75, 3.05) is 47.1 Å². The number of hydrogen-bond acceptors (Lipinski definition) is 4. The monoisotopic (exact) mass is 327 g/mol. The fraction of sp³-hybridized carbons (Fsp3) is 0.533. The second-order valence-corrected chi connectivity index (χ2v) is 5.18. The highest BCUT2D eigenvalue weighted by Gasteiger charge is 2.16. The van der Waals surface area contributed by atoms with Gasteiger partial charge in [0.2, 0.25) is 0 Å². The van der Waals surface area contributed by atoms with E-state index in [1.807, 2.05) is 12.1 Å². The van der Waals surface area contributed by atoms with E-state index in [0.29, 0.717) is 37.1 Å². The van der Waals surface area contributed by atoms with Crippen LogP contribution in [0.25, 0.3) is 0 Å². The minimum atomic E-state index is 0.539. The van der Waals surface area contributed by atoms with Gasteiger partial charge in [-0.25, -0.2) is 0 Å². The average Bonchev–Trinajstić information content (AvgIpc) is 2.53. The minimum absolute atomic E-state index is 0.539. The molecule has 0 amide bonds. The molecule has 1 aliphatic heterocycles. The van der Waals surface area contributed by atoms with Gasteiger partial charge in [0.25, 0.3) is 0 Å². The molecule has 0 fully saturated rings. The lowest BCUT2D eigenvalue weighted by Gasteiger charge is -2.20. The molecule has 2 N–H and O–H groups in total. The molecule has 0 spiro atoms. The predicted molar refractivity (Wildman–Crippen MR) is 87.4 cm³/mol. The topological polar surface area (TPSA) is 64.1 Å². The van der Waals surface area contributed by atoms with E-state index >= 15 is 0 Å². The fourth-order valence-corrected chi connectivity index (χ4v) is 2.41. The number of guanidine groups is 1. The van der Waals surface area contributed by atoms with E-state index in [2.05, 4.69) is 15.6 Å².